The highest BCUT2D eigenvalue weighted by Gasteiger charge is 2.20. The summed E-state index contributed by atoms with van der Waals surface area (Å²) in [6, 6.07) is 10.0. The molecule has 0 radical (unpaired) electrons. The van der Waals surface area contributed by atoms with Gasteiger partial charge in [0.25, 0.3) is 0 Å². The SMILES string of the molecule is CN=C(NCCCOCC1CC1)NCc1nncn1-c1ccccc1.I. The van der Waals surface area contributed by atoms with Crippen LogP contribution in [-0.4, -0.2) is 47.5 Å². The fraction of sp³-hybridized carbons (Fsp3) is 0.500. The molecule has 8 heteroatoms. The number of aromatic nitrogens is 3. The molecule has 1 aromatic heterocycles. The lowest BCUT2D eigenvalue weighted by Gasteiger charge is -2.12. The van der Waals surface area contributed by atoms with Crippen LogP contribution in [0.25, 0.3) is 5.69 Å². The lowest BCUT2D eigenvalue weighted by atomic mass is 10.3. The van der Waals surface area contributed by atoms with E-state index in [2.05, 4.69) is 25.8 Å². The van der Waals surface area contributed by atoms with Gasteiger partial charge in [-0.1, -0.05) is 18.2 Å². The van der Waals surface area contributed by atoms with E-state index in [0.717, 1.165) is 49.6 Å². The highest BCUT2D eigenvalue weighted by atomic mass is 127. The molecule has 3 rings (SSSR count). The Morgan fingerprint density at radius 2 is 2.08 bits per heavy atom. The Bertz CT molecular complexity index is 671. The van der Waals surface area contributed by atoms with Gasteiger partial charge < -0.3 is 15.4 Å². The van der Waals surface area contributed by atoms with Gasteiger partial charge in [0.15, 0.2) is 11.8 Å². The first-order valence-corrected chi connectivity index (χ1v) is 8.83. The van der Waals surface area contributed by atoms with Crippen molar-refractivity contribution in [3.05, 3.63) is 42.5 Å². The zero-order valence-electron chi connectivity index (χ0n) is 15.1. The van der Waals surface area contributed by atoms with Crippen LogP contribution >= 0.6 is 24.0 Å². The van der Waals surface area contributed by atoms with Crippen LogP contribution in [0.2, 0.25) is 0 Å². The summed E-state index contributed by atoms with van der Waals surface area (Å²) in [5.74, 6) is 2.41. The molecule has 1 aliphatic carbocycles. The standard InChI is InChI=1S/C18H26N6O.HI/c1-19-18(20-10-5-11-25-13-15-8-9-15)21-12-17-23-22-14-24(17)16-6-3-2-4-7-16;/h2-4,6-7,14-15H,5,8-13H2,1H3,(H2,19,20,21);1H. The van der Waals surface area contributed by atoms with E-state index in [1.165, 1.54) is 12.8 Å². The minimum atomic E-state index is 0. The summed E-state index contributed by atoms with van der Waals surface area (Å²) in [5, 5.41) is 14.8. The van der Waals surface area contributed by atoms with Gasteiger partial charge in [0.05, 0.1) is 6.54 Å². The Kier molecular flexibility index (Phi) is 8.82. The van der Waals surface area contributed by atoms with Crippen LogP contribution in [0.15, 0.2) is 41.7 Å². The number of hydrogen-bond donors (Lipinski definition) is 2. The van der Waals surface area contributed by atoms with Gasteiger partial charge in [0.2, 0.25) is 0 Å². The Morgan fingerprint density at radius 1 is 1.27 bits per heavy atom. The van der Waals surface area contributed by atoms with Crippen LogP contribution in [0.1, 0.15) is 25.1 Å². The molecule has 7 nitrogen and oxygen atoms in total. The van der Waals surface area contributed by atoms with Crippen LogP contribution in [0.5, 0.6) is 0 Å². The Morgan fingerprint density at radius 3 is 2.81 bits per heavy atom. The lowest BCUT2D eigenvalue weighted by Crippen LogP contribution is -2.38. The van der Waals surface area contributed by atoms with Gasteiger partial charge in [-0.25, -0.2) is 0 Å². The quantitative estimate of drug-likeness (QED) is 0.255. The average Bonchev–Trinajstić information content (AvgIpc) is 3.36. The summed E-state index contributed by atoms with van der Waals surface area (Å²) in [7, 11) is 1.76. The molecule has 0 spiro atoms. The zero-order valence-corrected chi connectivity index (χ0v) is 17.4. The van der Waals surface area contributed by atoms with E-state index in [9.17, 15) is 0 Å². The fourth-order valence-corrected chi connectivity index (χ4v) is 2.48. The molecule has 2 aromatic rings. The van der Waals surface area contributed by atoms with Gasteiger partial charge in [-0.2, -0.15) is 0 Å². The molecule has 142 valence electrons. The number of ether oxygens (including phenoxy) is 1. The van der Waals surface area contributed by atoms with Gasteiger partial charge in [-0.15, -0.1) is 34.2 Å². The molecule has 1 fully saturated rings. The highest BCUT2D eigenvalue weighted by molar-refractivity contribution is 14.0. The minimum Gasteiger partial charge on any atom is -0.381 e. The maximum absolute atomic E-state index is 5.63. The molecule has 1 saturated carbocycles. The van der Waals surface area contributed by atoms with Crippen LogP contribution in [0.3, 0.4) is 0 Å². The van der Waals surface area contributed by atoms with Crippen LogP contribution in [-0.2, 0) is 11.3 Å². The van der Waals surface area contributed by atoms with E-state index in [4.69, 9.17) is 4.74 Å². The summed E-state index contributed by atoms with van der Waals surface area (Å²) in [4.78, 5) is 4.24. The molecule has 0 bridgehead atoms. The number of aliphatic imine (C=N–C) groups is 1. The van der Waals surface area contributed by atoms with E-state index >= 15 is 0 Å². The number of rotatable bonds is 9. The Labute approximate surface area is 171 Å². The number of benzene rings is 1. The van der Waals surface area contributed by atoms with E-state index < -0.39 is 0 Å². The monoisotopic (exact) mass is 470 g/mol. The summed E-state index contributed by atoms with van der Waals surface area (Å²) in [6.45, 7) is 3.09. The third kappa shape index (κ3) is 6.56. The Hall–Kier alpha value is -1.68. The summed E-state index contributed by atoms with van der Waals surface area (Å²) in [6.07, 6.45) is 5.36. The predicted octanol–water partition coefficient (Wildman–Crippen LogP) is 2.37. The Balaban J connectivity index is 0.00000243. The number of guanidine groups is 1. The van der Waals surface area contributed by atoms with Crippen molar-refractivity contribution in [1.82, 2.24) is 25.4 Å². The van der Waals surface area contributed by atoms with E-state index in [-0.39, 0.29) is 24.0 Å². The second-order valence-electron chi connectivity index (χ2n) is 6.18. The lowest BCUT2D eigenvalue weighted by molar-refractivity contribution is 0.123. The molecule has 2 N–H and O–H groups in total. The van der Waals surface area contributed by atoms with Crippen molar-refractivity contribution in [1.29, 1.82) is 0 Å². The number of nitrogens with zero attached hydrogens (tertiary/aromatic N) is 4. The number of hydrogen-bond acceptors (Lipinski definition) is 4. The van der Waals surface area contributed by atoms with E-state index in [1.54, 1.807) is 13.4 Å². The number of para-hydroxylation sites is 1. The highest BCUT2D eigenvalue weighted by Crippen LogP contribution is 2.28. The molecule has 0 unspecified atom stereocenters. The first kappa shape index (κ1) is 20.6. The van der Waals surface area contributed by atoms with Crippen LogP contribution in [0, 0.1) is 5.92 Å². The second-order valence-corrected chi connectivity index (χ2v) is 6.18. The molecule has 0 atom stereocenters. The fourth-order valence-electron chi connectivity index (χ4n) is 2.48. The van der Waals surface area contributed by atoms with E-state index in [0.29, 0.717) is 6.54 Å². The summed E-state index contributed by atoms with van der Waals surface area (Å²) >= 11 is 0. The van der Waals surface area contributed by atoms with Crippen molar-refractivity contribution in [2.24, 2.45) is 10.9 Å². The first-order valence-electron chi connectivity index (χ1n) is 8.83. The van der Waals surface area contributed by atoms with Crippen LogP contribution < -0.4 is 10.6 Å². The number of halogens is 1. The third-order valence-electron chi connectivity index (χ3n) is 4.10. The second kappa shape index (κ2) is 11.1. The van der Waals surface area contributed by atoms with Crippen molar-refractivity contribution >= 4 is 29.9 Å². The molecule has 0 amide bonds. The van der Waals surface area contributed by atoms with Crippen molar-refractivity contribution < 1.29 is 4.74 Å². The van der Waals surface area contributed by atoms with Crippen molar-refractivity contribution in [3.63, 3.8) is 0 Å². The molecule has 26 heavy (non-hydrogen) atoms. The summed E-state index contributed by atoms with van der Waals surface area (Å²) in [5.41, 5.74) is 1.04. The smallest absolute Gasteiger partial charge is 0.191 e. The van der Waals surface area contributed by atoms with Gasteiger partial charge >= 0.3 is 0 Å². The van der Waals surface area contributed by atoms with Gasteiger partial charge in [-0.3, -0.25) is 9.56 Å². The molecular weight excluding hydrogens is 443 g/mol. The van der Waals surface area contributed by atoms with Gasteiger partial charge in [0, 0.05) is 32.5 Å². The largest absolute Gasteiger partial charge is 0.381 e. The van der Waals surface area contributed by atoms with Crippen molar-refractivity contribution in [3.8, 4) is 5.69 Å². The first-order chi connectivity index (χ1) is 12.4. The zero-order chi connectivity index (χ0) is 17.3. The topological polar surface area (TPSA) is 76.4 Å². The van der Waals surface area contributed by atoms with Crippen molar-refractivity contribution in [2.75, 3.05) is 26.8 Å². The predicted molar refractivity (Wildman–Crippen MR) is 113 cm³/mol. The molecular formula is C18H27IN6O. The van der Waals surface area contributed by atoms with E-state index in [1.807, 2.05) is 34.9 Å². The van der Waals surface area contributed by atoms with Crippen molar-refractivity contribution in [2.45, 2.75) is 25.8 Å². The molecule has 0 saturated heterocycles. The number of nitrogens with one attached hydrogen (secondary N) is 2. The third-order valence-corrected chi connectivity index (χ3v) is 4.10. The average molecular weight is 470 g/mol. The maximum Gasteiger partial charge on any atom is 0.191 e. The molecule has 1 heterocycles. The molecule has 1 aromatic carbocycles. The molecule has 1 aliphatic rings. The van der Waals surface area contributed by atoms with Crippen LogP contribution in [0.4, 0.5) is 0 Å². The maximum atomic E-state index is 5.63. The molecule has 0 aliphatic heterocycles. The summed E-state index contributed by atoms with van der Waals surface area (Å²) < 4.78 is 7.60. The normalized spacial score (nSPS) is 14.0. The minimum absolute atomic E-state index is 0. The van der Waals surface area contributed by atoms with Gasteiger partial charge in [-0.05, 0) is 37.3 Å². The van der Waals surface area contributed by atoms with Gasteiger partial charge in [0.1, 0.15) is 6.33 Å².